The zero-order valence-corrected chi connectivity index (χ0v) is 15.3. The number of benzene rings is 1. The summed E-state index contributed by atoms with van der Waals surface area (Å²) in [6.45, 7) is 5.96. The average molecular weight is 365 g/mol. The molecule has 5 rings (SSSR count). The van der Waals surface area contributed by atoms with Crippen molar-refractivity contribution < 1.29 is 4.42 Å². The van der Waals surface area contributed by atoms with E-state index >= 15 is 0 Å². The van der Waals surface area contributed by atoms with E-state index < -0.39 is 0 Å². The maximum atomic E-state index is 5.96. The fraction of sp³-hybridized carbons (Fsp3) is 0.316. The minimum atomic E-state index is 0.164. The lowest BCUT2D eigenvalue weighted by Gasteiger charge is -2.37. The van der Waals surface area contributed by atoms with E-state index in [9.17, 15) is 0 Å². The van der Waals surface area contributed by atoms with Crippen LogP contribution in [0.25, 0.3) is 21.3 Å². The largest absolute Gasteiger partial charge is 0.439 e. The summed E-state index contributed by atoms with van der Waals surface area (Å²) in [4.78, 5) is 18.3. The quantitative estimate of drug-likeness (QED) is 0.552. The van der Waals surface area contributed by atoms with Crippen LogP contribution in [-0.2, 0) is 0 Å². The molecule has 1 aliphatic rings. The van der Waals surface area contributed by atoms with Gasteiger partial charge in [0.1, 0.15) is 17.7 Å². The van der Waals surface area contributed by atoms with Crippen molar-refractivity contribution in [3.8, 4) is 0 Å². The molecule has 0 N–H and O–H groups in total. The SMILES string of the molecule is CC(c1nc2ccccc2o1)N1CCN(c2ncnc3ccsc23)CC1. The molecule has 26 heavy (non-hydrogen) atoms. The number of anilines is 1. The van der Waals surface area contributed by atoms with Crippen LogP contribution < -0.4 is 4.90 Å². The molecule has 0 radical (unpaired) electrons. The Balaban J connectivity index is 1.33. The van der Waals surface area contributed by atoms with Crippen LogP contribution in [0.3, 0.4) is 0 Å². The third-order valence-electron chi connectivity index (χ3n) is 5.05. The highest BCUT2D eigenvalue weighted by atomic mass is 32.1. The highest BCUT2D eigenvalue weighted by Gasteiger charge is 2.26. The predicted molar refractivity (Wildman–Crippen MR) is 104 cm³/mol. The Bertz CT molecular complexity index is 1020. The molecular weight excluding hydrogens is 346 g/mol. The fourth-order valence-electron chi connectivity index (χ4n) is 3.55. The second kappa shape index (κ2) is 6.34. The van der Waals surface area contributed by atoms with Crippen molar-refractivity contribution in [3.63, 3.8) is 0 Å². The van der Waals surface area contributed by atoms with E-state index in [4.69, 9.17) is 4.42 Å². The van der Waals surface area contributed by atoms with Crippen molar-refractivity contribution in [1.82, 2.24) is 19.9 Å². The third-order valence-corrected chi connectivity index (χ3v) is 5.95. The van der Waals surface area contributed by atoms with Crippen molar-refractivity contribution in [1.29, 1.82) is 0 Å². The molecule has 132 valence electrons. The Labute approximate surface area is 155 Å². The van der Waals surface area contributed by atoms with Crippen molar-refractivity contribution in [2.45, 2.75) is 13.0 Å². The number of rotatable bonds is 3. The van der Waals surface area contributed by atoms with Gasteiger partial charge in [0.05, 0.1) is 16.3 Å². The van der Waals surface area contributed by atoms with Crippen LogP contribution in [-0.4, -0.2) is 46.0 Å². The first-order chi connectivity index (χ1) is 12.8. The maximum absolute atomic E-state index is 5.96. The van der Waals surface area contributed by atoms with Gasteiger partial charge in [-0.15, -0.1) is 11.3 Å². The van der Waals surface area contributed by atoms with E-state index in [1.807, 2.05) is 24.3 Å². The van der Waals surface area contributed by atoms with Crippen LogP contribution in [0.5, 0.6) is 0 Å². The molecule has 3 aromatic heterocycles. The summed E-state index contributed by atoms with van der Waals surface area (Å²) >= 11 is 1.71. The van der Waals surface area contributed by atoms with Crippen molar-refractivity contribution in [2.75, 3.05) is 31.1 Å². The fourth-order valence-corrected chi connectivity index (χ4v) is 4.41. The first-order valence-corrected chi connectivity index (χ1v) is 9.70. The van der Waals surface area contributed by atoms with Gasteiger partial charge in [0, 0.05) is 26.2 Å². The number of hydrogen-bond donors (Lipinski definition) is 0. The first-order valence-electron chi connectivity index (χ1n) is 8.82. The maximum Gasteiger partial charge on any atom is 0.212 e. The predicted octanol–water partition coefficient (Wildman–Crippen LogP) is 3.72. The molecule has 0 saturated carbocycles. The van der Waals surface area contributed by atoms with E-state index in [0.717, 1.165) is 54.5 Å². The summed E-state index contributed by atoms with van der Waals surface area (Å²) in [6.07, 6.45) is 1.66. The average Bonchev–Trinajstić information content (AvgIpc) is 3.34. The highest BCUT2D eigenvalue weighted by Crippen LogP contribution is 2.30. The monoisotopic (exact) mass is 365 g/mol. The summed E-state index contributed by atoms with van der Waals surface area (Å²) < 4.78 is 7.13. The number of para-hydroxylation sites is 2. The molecule has 0 bridgehead atoms. The van der Waals surface area contributed by atoms with Crippen molar-refractivity contribution >= 4 is 38.5 Å². The smallest absolute Gasteiger partial charge is 0.212 e. The number of thiophene rings is 1. The van der Waals surface area contributed by atoms with Crippen LogP contribution in [0.2, 0.25) is 0 Å². The van der Waals surface area contributed by atoms with Gasteiger partial charge in [0.25, 0.3) is 0 Å². The minimum absolute atomic E-state index is 0.164. The Morgan fingerprint density at radius 3 is 2.73 bits per heavy atom. The summed E-state index contributed by atoms with van der Waals surface area (Å²) in [5.41, 5.74) is 2.81. The second-order valence-electron chi connectivity index (χ2n) is 6.55. The summed E-state index contributed by atoms with van der Waals surface area (Å²) in [7, 11) is 0. The van der Waals surface area contributed by atoms with Gasteiger partial charge in [-0.25, -0.2) is 15.0 Å². The molecule has 4 aromatic rings. The van der Waals surface area contributed by atoms with Gasteiger partial charge in [-0.05, 0) is 30.5 Å². The van der Waals surface area contributed by atoms with Crippen molar-refractivity contribution in [3.05, 3.63) is 47.9 Å². The van der Waals surface area contributed by atoms with Crippen LogP contribution in [0.4, 0.5) is 5.82 Å². The van der Waals surface area contributed by atoms with Crippen LogP contribution in [0.15, 0.2) is 46.5 Å². The standard InChI is InChI=1S/C19H19N5OS/c1-13(19-22-14-4-2-3-5-16(14)25-19)23-7-9-24(10-8-23)18-17-15(6-11-26-17)20-12-21-18/h2-6,11-13H,7-10H2,1H3. The third kappa shape index (κ3) is 2.64. The minimum Gasteiger partial charge on any atom is -0.439 e. The van der Waals surface area contributed by atoms with E-state index in [-0.39, 0.29) is 6.04 Å². The summed E-state index contributed by atoms with van der Waals surface area (Å²) in [5.74, 6) is 1.85. The van der Waals surface area contributed by atoms with Gasteiger partial charge >= 0.3 is 0 Å². The second-order valence-corrected chi connectivity index (χ2v) is 7.47. The van der Waals surface area contributed by atoms with Crippen LogP contribution in [0.1, 0.15) is 18.9 Å². The zero-order chi connectivity index (χ0) is 17.5. The van der Waals surface area contributed by atoms with E-state index in [1.165, 1.54) is 4.70 Å². The molecular formula is C19H19N5OS. The topological polar surface area (TPSA) is 58.3 Å². The van der Waals surface area contributed by atoms with E-state index in [1.54, 1.807) is 17.7 Å². The summed E-state index contributed by atoms with van der Waals surface area (Å²) in [5, 5.41) is 2.08. The van der Waals surface area contributed by atoms with Crippen molar-refractivity contribution in [2.24, 2.45) is 0 Å². The molecule has 0 aliphatic carbocycles. The van der Waals surface area contributed by atoms with Gasteiger partial charge in [0.15, 0.2) is 5.58 Å². The molecule has 0 amide bonds. The number of oxazole rings is 1. The number of hydrogen-bond acceptors (Lipinski definition) is 7. The highest BCUT2D eigenvalue weighted by molar-refractivity contribution is 7.17. The normalized spacial score (nSPS) is 17.2. The lowest BCUT2D eigenvalue weighted by atomic mass is 10.2. The molecule has 6 nitrogen and oxygen atoms in total. The van der Waals surface area contributed by atoms with Gasteiger partial charge in [-0.1, -0.05) is 12.1 Å². The lowest BCUT2D eigenvalue weighted by molar-refractivity contribution is 0.175. The Morgan fingerprint density at radius 2 is 1.88 bits per heavy atom. The summed E-state index contributed by atoms with van der Waals surface area (Å²) in [6, 6.07) is 10.2. The zero-order valence-electron chi connectivity index (χ0n) is 14.5. The van der Waals surface area contributed by atoms with E-state index in [2.05, 4.69) is 43.1 Å². The molecule has 1 unspecified atom stereocenters. The Kier molecular flexibility index (Phi) is 3.83. The van der Waals surface area contributed by atoms with Gasteiger partial charge < -0.3 is 9.32 Å². The van der Waals surface area contributed by atoms with Crippen LogP contribution in [0, 0.1) is 0 Å². The Hall–Kier alpha value is -2.51. The number of aromatic nitrogens is 3. The Morgan fingerprint density at radius 1 is 1.04 bits per heavy atom. The van der Waals surface area contributed by atoms with Gasteiger partial charge in [-0.2, -0.15) is 0 Å². The molecule has 1 aromatic carbocycles. The number of fused-ring (bicyclic) bond motifs is 2. The molecule has 1 saturated heterocycles. The molecule has 1 aliphatic heterocycles. The molecule has 7 heteroatoms. The van der Waals surface area contributed by atoms with Gasteiger partial charge in [0.2, 0.25) is 5.89 Å². The molecule has 1 fully saturated rings. The van der Waals surface area contributed by atoms with Gasteiger partial charge in [-0.3, -0.25) is 4.90 Å². The molecule has 0 spiro atoms. The molecule has 1 atom stereocenters. The number of piperazine rings is 1. The first kappa shape index (κ1) is 15.7. The molecule has 4 heterocycles. The lowest BCUT2D eigenvalue weighted by Crippen LogP contribution is -2.47. The van der Waals surface area contributed by atoms with Crippen LogP contribution >= 0.6 is 11.3 Å². The van der Waals surface area contributed by atoms with E-state index in [0.29, 0.717) is 0 Å². The number of nitrogens with zero attached hydrogens (tertiary/aromatic N) is 5.